The molecule has 0 aliphatic heterocycles. The van der Waals surface area contributed by atoms with E-state index in [0.29, 0.717) is 23.6 Å². The van der Waals surface area contributed by atoms with Gasteiger partial charge in [-0.05, 0) is 49.9 Å². The molecule has 29 heavy (non-hydrogen) atoms. The number of rotatable bonds is 6. The lowest BCUT2D eigenvalue weighted by atomic mass is 10.1. The van der Waals surface area contributed by atoms with E-state index in [1.54, 1.807) is 25.4 Å². The molecule has 0 aliphatic carbocycles. The first-order chi connectivity index (χ1) is 14.0. The Morgan fingerprint density at radius 2 is 1.97 bits per heavy atom. The summed E-state index contributed by atoms with van der Waals surface area (Å²) in [4.78, 5) is 11.1. The molecule has 0 saturated carbocycles. The highest BCUT2D eigenvalue weighted by atomic mass is 19.1. The lowest BCUT2D eigenvalue weighted by Gasteiger charge is -2.16. The van der Waals surface area contributed by atoms with E-state index in [0.717, 1.165) is 23.1 Å². The number of oxazole rings is 1. The largest absolute Gasteiger partial charge is 0.497 e. The molecule has 4 aromatic rings. The molecule has 4 rings (SSSR count). The average Bonchev–Trinajstić information content (AvgIpc) is 3.08. The van der Waals surface area contributed by atoms with E-state index in [2.05, 4.69) is 27.0 Å². The molecule has 0 bridgehead atoms. The number of fused-ring (bicyclic) bond motifs is 1. The van der Waals surface area contributed by atoms with E-state index >= 15 is 0 Å². The number of aromatic nitrogens is 2. The van der Waals surface area contributed by atoms with Crippen LogP contribution in [0.3, 0.4) is 0 Å². The SMILES string of the molecule is COc1ccc(F)c(-c2nc(CN(C)Cc3cccc4ncccc34)c(C)o2)c1. The maximum atomic E-state index is 14.3. The second kappa shape index (κ2) is 8.01. The maximum absolute atomic E-state index is 14.3. The Bertz CT molecular complexity index is 1150. The van der Waals surface area contributed by atoms with Gasteiger partial charge in [0.15, 0.2) is 0 Å². The lowest BCUT2D eigenvalue weighted by Crippen LogP contribution is -2.18. The number of halogens is 1. The van der Waals surface area contributed by atoms with Crippen molar-refractivity contribution >= 4 is 10.9 Å². The third kappa shape index (κ3) is 3.98. The number of nitrogens with zero attached hydrogens (tertiary/aromatic N) is 3. The average molecular weight is 391 g/mol. The molecule has 0 aliphatic rings. The number of hydrogen-bond donors (Lipinski definition) is 0. The number of aryl methyl sites for hydroxylation is 1. The number of benzene rings is 2. The summed E-state index contributed by atoms with van der Waals surface area (Å²) in [6.45, 7) is 3.16. The van der Waals surface area contributed by atoms with E-state index in [9.17, 15) is 4.39 Å². The Morgan fingerprint density at radius 1 is 1.10 bits per heavy atom. The van der Waals surface area contributed by atoms with E-state index in [-0.39, 0.29) is 5.89 Å². The summed E-state index contributed by atoms with van der Waals surface area (Å²) in [6, 6.07) is 14.7. The molecule has 0 fully saturated rings. The van der Waals surface area contributed by atoms with Gasteiger partial charge < -0.3 is 9.15 Å². The third-order valence-electron chi connectivity index (χ3n) is 4.89. The van der Waals surface area contributed by atoms with Gasteiger partial charge in [0.05, 0.1) is 23.9 Å². The Kier molecular flexibility index (Phi) is 5.27. The zero-order valence-electron chi connectivity index (χ0n) is 16.6. The van der Waals surface area contributed by atoms with Gasteiger partial charge in [-0.15, -0.1) is 0 Å². The standard InChI is InChI=1S/C23H22FN3O2/c1-15-22(26-23(29-15)19-12-17(28-3)9-10-20(19)24)14-27(2)13-16-6-4-8-21-18(16)7-5-11-25-21/h4-12H,13-14H2,1-3H3. The molecule has 0 unspecified atom stereocenters. The quantitative estimate of drug-likeness (QED) is 0.464. The maximum Gasteiger partial charge on any atom is 0.229 e. The van der Waals surface area contributed by atoms with Gasteiger partial charge in [0.25, 0.3) is 0 Å². The molecular weight excluding hydrogens is 369 g/mol. The third-order valence-corrected chi connectivity index (χ3v) is 4.89. The van der Waals surface area contributed by atoms with Crippen LogP contribution in [0.25, 0.3) is 22.4 Å². The highest BCUT2D eigenvalue weighted by Crippen LogP contribution is 2.28. The first kappa shape index (κ1) is 19.1. The van der Waals surface area contributed by atoms with Crippen molar-refractivity contribution in [2.24, 2.45) is 0 Å². The van der Waals surface area contributed by atoms with Gasteiger partial charge in [0.1, 0.15) is 17.3 Å². The van der Waals surface area contributed by atoms with Crippen molar-refractivity contribution in [1.29, 1.82) is 0 Å². The van der Waals surface area contributed by atoms with Gasteiger partial charge in [0.2, 0.25) is 5.89 Å². The second-order valence-electron chi connectivity index (χ2n) is 7.03. The first-order valence-electron chi connectivity index (χ1n) is 9.36. The molecule has 0 amide bonds. The minimum absolute atomic E-state index is 0.261. The van der Waals surface area contributed by atoms with Crippen LogP contribution in [-0.4, -0.2) is 29.0 Å². The lowest BCUT2D eigenvalue weighted by molar-refractivity contribution is 0.314. The van der Waals surface area contributed by atoms with Crippen LogP contribution in [0, 0.1) is 12.7 Å². The van der Waals surface area contributed by atoms with Gasteiger partial charge in [0, 0.05) is 24.7 Å². The van der Waals surface area contributed by atoms with Gasteiger partial charge in [-0.1, -0.05) is 18.2 Å². The smallest absolute Gasteiger partial charge is 0.229 e. The number of methoxy groups -OCH3 is 1. The van der Waals surface area contributed by atoms with Gasteiger partial charge in [-0.3, -0.25) is 9.88 Å². The van der Waals surface area contributed by atoms with Crippen molar-refractivity contribution in [3.63, 3.8) is 0 Å². The summed E-state index contributed by atoms with van der Waals surface area (Å²) in [5.74, 6) is 1.10. The Hall–Kier alpha value is -3.25. The fraction of sp³-hybridized carbons (Fsp3) is 0.217. The van der Waals surface area contributed by atoms with Crippen molar-refractivity contribution in [2.75, 3.05) is 14.2 Å². The molecule has 2 aromatic heterocycles. The summed E-state index contributed by atoms with van der Waals surface area (Å²) >= 11 is 0. The topological polar surface area (TPSA) is 51.4 Å². The van der Waals surface area contributed by atoms with Crippen LogP contribution in [0.15, 0.2) is 59.1 Å². The van der Waals surface area contributed by atoms with Crippen LogP contribution in [-0.2, 0) is 13.1 Å². The minimum Gasteiger partial charge on any atom is -0.497 e. The molecule has 0 saturated heterocycles. The summed E-state index contributed by atoms with van der Waals surface area (Å²) < 4.78 is 25.2. The van der Waals surface area contributed by atoms with Crippen molar-refractivity contribution in [3.05, 3.63) is 77.6 Å². The summed E-state index contributed by atoms with van der Waals surface area (Å²) in [5.41, 5.74) is 3.25. The number of ether oxygens (including phenoxy) is 1. The van der Waals surface area contributed by atoms with Crippen molar-refractivity contribution in [2.45, 2.75) is 20.0 Å². The predicted octanol–water partition coefficient (Wildman–Crippen LogP) is 4.98. The van der Waals surface area contributed by atoms with E-state index in [1.807, 2.05) is 32.2 Å². The van der Waals surface area contributed by atoms with E-state index in [4.69, 9.17) is 9.15 Å². The van der Waals surface area contributed by atoms with E-state index in [1.165, 1.54) is 11.6 Å². The van der Waals surface area contributed by atoms with Crippen LogP contribution >= 0.6 is 0 Å². The molecule has 6 heteroatoms. The Labute approximate surface area is 168 Å². The molecule has 148 valence electrons. The molecule has 0 N–H and O–H groups in total. The predicted molar refractivity (Wildman–Crippen MR) is 110 cm³/mol. The van der Waals surface area contributed by atoms with Crippen LogP contribution in [0.5, 0.6) is 5.75 Å². The normalized spacial score (nSPS) is 11.3. The molecule has 2 aromatic carbocycles. The minimum atomic E-state index is -0.393. The highest BCUT2D eigenvalue weighted by Gasteiger charge is 2.17. The van der Waals surface area contributed by atoms with Crippen LogP contribution in [0.4, 0.5) is 4.39 Å². The fourth-order valence-electron chi connectivity index (χ4n) is 3.39. The summed E-state index contributed by atoms with van der Waals surface area (Å²) in [6.07, 6.45) is 1.80. The molecular formula is C23H22FN3O2. The van der Waals surface area contributed by atoms with Crippen LogP contribution in [0.2, 0.25) is 0 Å². The molecule has 5 nitrogen and oxygen atoms in total. The molecule has 2 heterocycles. The summed E-state index contributed by atoms with van der Waals surface area (Å²) in [7, 11) is 3.57. The van der Waals surface area contributed by atoms with Gasteiger partial charge in [-0.25, -0.2) is 9.37 Å². The molecule has 0 spiro atoms. The Morgan fingerprint density at radius 3 is 2.79 bits per heavy atom. The van der Waals surface area contributed by atoms with Crippen molar-refractivity contribution in [3.8, 4) is 17.2 Å². The second-order valence-corrected chi connectivity index (χ2v) is 7.03. The highest BCUT2D eigenvalue weighted by molar-refractivity contribution is 5.81. The zero-order chi connectivity index (χ0) is 20.4. The first-order valence-corrected chi connectivity index (χ1v) is 9.36. The summed E-state index contributed by atoms with van der Waals surface area (Å²) in [5, 5.41) is 1.14. The zero-order valence-corrected chi connectivity index (χ0v) is 16.6. The van der Waals surface area contributed by atoms with Crippen molar-refractivity contribution in [1.82, 2.24) is 14.9 Å². The number of hydrogen-bond acceptors (Lipinski definition) is 5. The number of pyridine rings is 1. The Balaban J connectivity index is 1.56. The monoisotopic (exact) mass is 391 g/mol. The molecule has 0 radical (unpaired) electrons. The van der Waals surface area contributed by atoms with Gasteiger partial charge in [-0.2, -0.15) is 0 Å². The van der Waals surface area contributed by atoms with Crippen LogP contribution < -0.4 is 4.74 Å². The fourth-order valence-corrected chi connectivity index (χ4v) is 3.39. The van der Waals surface area contributed by atoms with Gasteiger partial charge >= 0.3 is 0 Å². The molecule has 0 atom stereocenters. The van der Waals surface area contributed by atoms with E-state index < -0.39 is 5.82 Å². The van der Waals surface area contributed by atoms with Crippen LogP contribution in [0.1, 0.15) is 17.0 Å². The van der Waals surface area contributed by atoms with Crippen molar-refractivity contribution < 1.29 is 13.5 Å².